The molecule has 0 atom stereocenters. The number of pyridine rings is 1. The SMILES string of the molecule is CNCCCc1nnc(-c2ccc3ccccc3n2)s1. The molecule has 0 aliphatic heterocycles. The zero-order valence-corrected chi connectivity index (χ0v) is 12.2. The number of nitrogens with zero attached hydrogens (tertiary/aromatic N) is 3. The first kappa shape index (κ1) is 13.1. The van der Waals surface area contributed by atoms with Gasteiger partial charge in [0.1, 0.15) is 10.7 Å². The largest absolute Gasteiger partial charge is 0.320 e. The molecule has 3 rings (SSSR count). The van der Waals surface area contributed by atoms with Gasteiger partial charge in [-0.1, -0.05) is 35.6 Å². The molecule has 0 aliphatic rings. The number of nitrogens with one attached hydrogen (secondary N) is 1. The second kappa shape index (κ2) is 6.07. The Hall–Kier alpha value is -1.85. The first-order valence-corrected chi connectivity index (χ1v) is 7.51. The summed E-state index contributed by atoms with van der Waals surface area (Å²) in [5.41, 5.74) is 1.90. The minimum Gasteiger partial charge on any atom is -0.320 e. The normalized spacial score (nSPS) is 11.1. The molecule has 1 aromatic carbocycles. The van der Waals surface area contributed by atoms with Crippen LogP contribution in [0.4, 0.5) is 0 Å². The van der Waals surface area contributed by atoms with Crippen molar-refractivity contribution < 1.29 is 0 Å². The third kappa shape index (κ3) is 2.84. The molecule has 102 valence electrons. The molecule has 0 fully saturated rings. The maximum Gasteiger partial charge on any atom is 0.166 e. The zero-order chi connectivity index (χ0) is 13.8. The van der Waals surface area contributed by atoms with Gasteiger partial charge in [0.2, 0.25) is 0 Å². The van der Waals surface area contributed by atoms with Crippen molar-refractivity contribution in [2.75, 3.05) is 13.6 Å². The lowest BCUT2D eigenvalue weighted by atomic mass is 10.2. The number of fused-ring (bicyclic) bond motifs is 1. The van der Waals surface area contributed by atoms with Gasteiger partial charge in [-0.2, -0.15) is 0 Å². The Bertz CT molecular complexity index is 708. The summed E-state index contributed by atoms with van der Waals surface area (Å²) in [6.45, 7) is 1.00. The fraction of sp³-hybridized carbons (Fsp3) is 0.267. The fourth-order valence-electron chi connectivity index (χ4n) is 2.06. The average molecular weight is 284 g/mol. The molecule has 4 nitrogen and oxygen atoms in total. The van der Waals surface area contributed by atoms with Crippen LogP contribution in [-0.2, 0) is 6.42 Å². The molecule has 20 heavy (non-hydrogen) atoms. The van der Waals surface area contributed by atoms with Gasteiger partial charge in [0.15, 0.2) is 5.01 Å². The lowest BCUT2D eigenvalue weighted by molar-refractivity contribution is 0.718. The number of para-hydroxylation sites is 1. The van der Waals surface area contributed by atoms with Crippen LogP contribution in [0.5, 0.6) is 0 Å². The minimum absolute atomic E-state index is 0.898. The van der Waals surface area contributed by atoms with Crippen molar-refractivity contribution in [3.63, 3.8) is 0 Å². The highest BCUT2D eigenvalue weighted by Crippen LogP contribution is 2.24. The van der Waals surface area contributed by atoms with Crippen molar-refractivity contribution in [3.05, 3.63) is 41.4 Å². The third-order valence-electron chi connectivity index (χ3n) is 3.10. The zero-order valence-electron chi connectivity index (χ0n) is 11.3. The maximum absolute atomic E-state index is 4.65. The van der Waals surface area contributed by atoms with Gasteiger partial charge >= 0.3 is 0 Å². The van der Waals surface area contributed by atoms with Crippen LogP contribution in [0, 0.1) is 0 Å². The van der Waals surface area contributed by atoms with E-state index in [0.29, 0.717) is 0 Å². The number of hydrogen-bond donors (Lipinski definition) is 1. The van der Waals surface area contributed by atoms with Crippen molar-refractivity contribution in [1.82, 2.24) is 20.5 Å². The predicted molar refractivity (Wildman–Crippen MR) is 82.9 cm³/mol. The highest BCUT2D eigenvalue weighted by Gasteiger charge is 2.08. The molecule has 0 spiro atoms. The number of rotatable bonds is 5. The maximum atomic E-state index is 4.65. The summed E-state index contributed by atoms with van der Waals surface area (Å²) in [6, 6.07) is 12.2. The van der Waals surface area contributed by atoms with Gasteiger partial charge in [0.25, 0.3) is 0 Å². The van der Waals surface area contributed by atoms with E-state index in [0.717, 1.165) is 46.0 Å². The predicted octanol–water partition coefficient (Wildman–Crippen LogP) is 2.91. The molecular weight excluding hydrogens is 268 g/mol. The Labute approximate surface area is 121 Å². The second-order valence-corrected chi connectivity index (χ2v) is 5.66. The van der Waals surface area contributed by atoms with Gasteiger partial charge in [-0.3, -0.25) is 0 Å². The highest BCUT2D eigenvalue weighted by molar-refractivity contribution is 7.14. The number of aryl methyl sites for hydroxylation is 1. The third-order valence-corrected chi connectivity index (χ3v) is 4.11. The first-order chi connectivity index (χ1) is 9.86. The van der Waals surface area contributed by atoms with E-state index in [1.54, 1.807) is 11.3 Å². The minimum atomic E-state index is 0.898. The molecule has 0 radical (unpaired) electrons. The molecular formula is C15H16N4S. The van der Waals surface area contributed by atoms with E-state index in [9.17, 15) is 0 Å². The molecule has 0 saturated carbocycles. The molecule has 3 aromatic rings. The smallest absolute Gasteiger partial charge is 0.166 e. The van der Waals surface area contributed by atoms with Crippen LogP contribution in [0.2, 0.25) is 0 Å². The van der Waals surface area contributed by atoms with E-state index in [2.05, 4.69) is 32.6 Å². The standard InChI is InChI=1S/C15H16N4S/c1-16-10-4-7-14-18-19-15(20-14)13-9-8-11-5-2-3-6-12(11)17-13/h2-3,5-6,8-9,16H,4,7,10H2,1H3. The summed E-state index contributed by atoms with van der Waals surface area (Å²) in [4.78, 5) is 4.65. The van der Waals surface area contributed by atoms with Gasteiger partial charge < -0.3 is 5.32 Å². The Morgan fingerprint density at radius 3 is 2.90 bits per heavy atom. The van der Waals surface area contributed by atoms with E-state index in [1.165, 1.54) is 0 Å². The molecule has 0 aliphatic carbocycles. The van der Waals surface area contributed by atoms with Crippen LogP contribution in [0.1, 0.15) is 11.4 Å². The summed E-state index contributed by atoms with van der Waals surface area (Å²) in [6.07, 6.45) is 2.04. The van der Waals surface area contributed by atoms with E-state index < -0.39 is 0 Å². The number of hydrogen-bond acceptors (Lipinski definition) is 5. The Morgan fingerprint density at radius 2 is 2.00 bits per heavy atom. The molecule has 1 N–H and O–H groups in total. The first-order valence-electron chi connectivity index (χ1n) is 6.70. The summed E-state index contributed by atoms with van der Waals surface area (Å²) in [7, 11) is 1.96. The quantitative estimate of drug-likeness (QED) is 0.732. The Morgan fingerprint density at radius 1 is 1.10 bits per heavy atom. The van der Waals surface area contributed by atoms with E-state index in [4.69, 9.17) is 0 Å². The number of benzene rings is 1. The average Bonchev–Trinajstić information content (AvgIpc) is 2.96. The van der Waals surface area contributed by atoms with Crippen LogP contribution in [-0.4, -0.2) is 28.8 Å². The van der Waals surface area contributed by atoms with Gasteiger partial charge in [-0.25, -0.2) is 4.98 Å². The van der Waals surface area contributed by atoms with Crippen molar-refractivity contribution in [2.45, 2.75) is 12.8 Å². The monoisotopic (exact) mass is 284 g/mol. The van der Waals surface area contributed by atoms with Crippen molar-refractivity contribution in [1.29, 1.82) is 0 Å². The van der Waals surface area contributed by atoms with Crippen LogP contribution >= 0.6 is 11.3 Å². The number of aromatic nitrogens is 3. The summed E-state index contributed by atoms with van der Waals surface area (Å²) >= 11 is 1.63. The van der Waals surface area contributed by atoms with Gasteiger partial charge in [-0.05, 0) is 32.1 Å². The van der Waals surface area contributed by atoms with E-state index in [-0.39, 0.29) is 0 Å². The van der Waals surface area contributed by atoms with Gasteiger partial charge in [-0.15, -0.1) is 10.2 Å². The Balaban J connectivity index is 1.83. The van der Waals surface area contributed by atoms with Crippen LogP contribution in [0.15, 0.2) is 36.4 Å². The topological polar surface area (TPSA) is 50.7 Å². The summed E-state index contributed by atoms with van der Waals surface area (Å²) in [5.74, 6) is 0. The van der Waals surface area contributed by atoms with Crippen molar-refractivity contribution in [2.24, 2.45) is 0 Å². The molecule has 0 saturated heterocycles. The van der Waals surface area contributed by atoms with Gasteiger partial charge in [0, 0.05) is 11.8 Å². The molecule has 2 aromatic heterocycles. The van der Waals surface area contributed by atoms with Gasteiger partial charge in [0.05, 0.1) is 5.52 Å². The van der Waals surface area contributed by atoms with E-state index >= 15 is 0 Å². The molecule has 2 heterocycles. The molecule has 0 unspecified atom stereocenters. The second-order valence-electron chi connectivity index (χ2n) is 4.60. The highest BCUT2D eigenvalue weighted by atomic mass is 32.1. The molecule has 5 heteroatoms. The summed E-state index contributed by atoms with van der Waals surface area (Å²) < 4.78 is 0. The Kier molecular flexibility index (Phi) is 3.99. The van der Waals surface area contributed by atoms with Crippen molar-refractivity contribution in [3.8, 4) is 10.7 Å². The fourth-order valence-corrected chi connectivity index (χ4v) is 2.91. The lowest BCUT2D eigenvalue weighted by Gasteiger charge is -1.98. The van der Waals surface area contributed by atoms with Crippen LogP contribution in [0.3, 0.4) is 0 Å². The summed E-state index contributed by atoms with van der Waals surface area (Å²) in [5, 5.41) is 14.8. The van der Waals surface area contributed by atoms with Crippen molar-refractivity contribution >= 4 is 22.2 Å². The van der Waals surface area contributed by atoms with E-state index in [1.807, 2.05) is 31.3 Å². The lowest BCUT2D eigenvalue weighted by Crippen LogP contribution is -2.08. The molecule has 0 bridgehead atoms. The van der Waals surface area contributed by atoms with Crippen LogP contribution in [0.25, 0.3) is 21.6 Å². The van der Waals surface area contributed by atoms with Crippen LogP contribution < -0.4 is 5.32 Å². The molecule has 0 amide bonds.